The zero-order chi connectivity index (χ0) is 12.3. The fourth-order valence-corrected chi connectivity index (χ4v) is 2.22. The lowest BCUT2D eigenvalue weighted by Gasteiger charge is -2.27. The quantitative estimate of drug-likeness (QED) is 0.828. The summed E-state index contributed by atoms with van der Waals surface area (Å²) >= 11 is 0. The van der Waals surface area contributed by atoms with Crippen molar-refractivity contribution in [2.45, 2.75) is 19.3 Å². The van der Waals surface area contributed by atoms with Gasteiger partial charge in [-0.2, -0.15) is 0 Å². The second kappa shape index (κ2) is 5.19. The molecule has 1 aromatic carbocycles. The Morgan fingerprint density at radius 3 is 3.12 bits per heavy atom. The van der Waals surface area contributed by atoms with Gasteiger partial charge in [-0.1, -0.05) is 0 Å². The first kappa shape index (κ1) is 11.9. The molecule has 0 aromatic heterocycles. The number of carbonyl (C=O) groups excluding carboxylic acids is 1. The molecule has 3 N–H and O–H groups in total. The maximum Gasteiger partial charge on any atom is 0.225 e. The van der Waals surface area contributed by atoms with E-state index < -0.39 is 0 Å². The Morgan fingerprint density at radius 1 is 1.53 bits per heavy atom. The van der Waals surface area contributed by atoms with Crippen LogP contribution in [0, 0.1) is 0 Å². The van der Waals surface area contributed by atoms with Crippen molar-refractivity contribution in [1.29, 1.82) is 0 Å². The van der Waals surface area contributed by atoms with Crippen LogP contribution in [0.2, 0.25) is 0 Å². The molecule has 0 saturated carbocycles. The summed E-state index contributed by atoms with van der Waals surface area (Å²) < 4.78 is 0. The van der Waals surface area contributed by atoms with Gasteiger partial charge in [-0.25, -0.2) is 0 Å². The number of nitrogens with one attached hydrogen (secondary N) is 1. The normalized spacial score (nSPS) is 14.4. The molecule has 4 nitrogen and oxygen atoms in total. The fraction of sp³-hybridized carbons (Fsp3) is 0.462. The number of fused-ring (bicyclic) bond motifs is 1. The number of aryl methyl sites for hydroxylation is 1. The topological polar surface area (TPSA) is 58.4 Å². The Hall–Kier alpha value is -1.55. The van der Waals surface area contributed by atoms with E-state index in [1.807, 2.05) is 6.07 Å². The maximum absolute atomic E-state index is 11.4. The van der Waals surface area contributed by atoms with Gasteiger partial charge in [0.2, 0.25) is 5.91 Å². The summed E-state index contributed by atoms with van der Waals surface area (Å²) in [6.07, 6.45) is 2.63. The third-order valence-electron chi connectivity index (χ3n) is 3.09. The van der Waals surface area contributed by atoms with Gasteiger partial charge >= 0.3 is 0 Å². The standard InChI is InChI=1S/C13H19N3O/c1-16-8-2-3-10-9-11(4-5-12(10)16)15-13(17)6-7-14/h4-5,9H,2-3,6-8,14H2,1H3,(H,15,17). The molecule has 1 aromatic rings. The van der Waals surface area contributed by atoms with Gasteiger partial charge in [-0.15, -0.1) is 0 Å². The first-order valence-corrected chi connectivity index (χ1v) is 6.04. The molecule has 0 saturated heterocycles. The number of nitrogens with zero attached hydrogens (tertiary/aromatic N) is 1. The molecule has 0 bridgehead atoms. The minimum Gasteiger partial charge on any atom is -0.374 e. The highest BCUT2D eigenvalue weighted by molar-refractivity contribution is 5.91. The third-order valence-corrected chi connectivity index (χ3v) is 3.09. The molecule has 0 aliphatic carbocycles. The van der Waals surface area contributed by atoms with E-state index in [0.717, 1.165) is 18.7 Å². The van der Waals surface area contributed by atoms with Gasteiger partial charge in [0.1, 0.15) is 0 Å². The van der Waals surface area contributed by atoms with Crippen molar-refractivity contribution < 1.29 is 4.79 Å². The molecule has 2 rings (SSSR count). The number of nitrogens with two attached hydrogens (primary N) is 1. The number of benzene rings is 1. The van der Waals surface area contributed by atoms with Gasteiger partial charge in [-0.3, -0.25) is 4.79 Å². The molecule has 0 unspecified atom stereocenters. The minimum absolute atomic E-state index is 0.0170. The molecule has 4 heteroatoms. The van der Waals surface area contributed by atoms with Crippen molar-refractivity contribution in [2.75, 3.05) is 30.4 Å². The van der Waals surface area contributed by atoms with Crippen LogP contribution in [0.15, 0.2) is 18.2 Å². The van der Waals surface area contributed by atoms with E-state index in [9.17, 15) is 4.79 Å². The Balaban J connectivity index is 2.13. The highest BCUT2D eigenvalue weighted by Crippen LogP contribution is 2.28. The molecular formula is C13H19N3O. The monoisotopic (exact) mass is 233 g/mol. The summed E-state index contributed by atoms with van der Waals surface area (Å²) in [4.78, 5) is 13.7. The lowest BCUT2D eigenvalue weighted by molar-refractivity contribution is -0.116. The van der Waals surface area contributed by atoms with Gasteiger partial charge in [0.05, 0.1) is 0 Å². The number of hydrogen-bond acceptors (Lipinski definition) is 3. The molecule has 0 radical (unpaired) electrons. The average molecular weight is 233 g/mol. The van der Waals surface area contributed by atoms with E-state index in [1.165, 1.54) is 17.7 Å². The minimum atomic E-state index is -0.0170. The summed E-state index contributed by atoms with van der Waals surface area (Å²) in [7, 11) is 2.10. The van der Waals surface area contributed by atoms with Crippen LogP contribution >= 0.6 is 0 Å². The van der Waals surface area contributed by atoms with Crippen LogP contribution in [0.4, 0.5) is 11.4 Å². The smallest absolute Gasteiger partial charge is 0.225 e. The molecule has 17 heavy (non-hydrogen) atoms. The molecule has 1 amide bonds. The molecule has 1 aliphatic heterocycles. The molecule has 0 spiro atoms. The van der Waals surface area contributed by atoms with E-state index in [1.54, 1.807) is 0 Å². The second-order valence-electron chi connectivity index (χ2n) is 4.46. The van der Waals surface area contributed by atoms with Crippen molar-refractivity contribution in [3.05, 3.63) is 23.8 Å². The van der Waals surface area contributed by atoms with E-state index in [2.05, 4.69) is 29.4 Å². The first-order chi connectivity index (χ1) is 8.20. The van der Waals surface area contributed by atoms with Crippen molar-refractivity contribution in [3.63, 3.8) is 0 Å². The molecule has 1 aliphatic rings. The van der Waals surface area contributed by atoms with Crippen LogP contribution in [0.5, 0.6) is 0 Å². The van der Waals surface area contributed by atoms with Gasteiger partial charge in [0.25, 0.3) is 0 Å². The summed E-state index contributed by atoms with van der Waals surface area (Å²) in [5.41, 5.74) is 8.80. The van der Waals surface area contributed by atoms with Crippen LogP contribution in [0.25, 0.3) is 0 Å². The molecule has 92 valence electrons. The Kier molecular flexibility index (Phi) is 3.64. The average Bonchev–Trinajstić information content (AvgIpc) is 2.29. The fourth-order valence-electron chi connectivity index (χ4n) is 2.22. The van der Waals surface area contributed by atoms with E-state index >= 15 is 0 Å². The highest BCUT2D eigenvalue weighted by Gasteiger charge is 2.14. The highest BCUT2D eigenvalue weighted by atomic mass is 16.1. The lowest BCUT2D eigenvalue weighted by atomic mass is 10.0. The van der Waals surface area contributed by atoms with Gasteiger partial charge < -0.3 is 16.0 Å². The number of carbonyl (C=O) groups is 1. The molecule has 0 atom stereocenters. The zero-order valence-corrected chi connectivity index (χ0v) is 10.2. The zero-order valence-electron chi connectivity index (χ0n) is 10.2. The molecule has 1 heterocycles. The summed E-state index contributed by atoms with van der Waals surface area (Å²) in [6, 6.07) is 6.10. The van der Waals surface area contributed by atoms with E-state index in [-0.39, 0.29) is 5.91 Å². The van der Waals surface area contributed by atoms with E-state index in [0.29, 0.717) is 13.0 Å². The number of hydrogen-bond donors (Lipinski definition) is 2. The Labute approximate surface area is 102 Å². The maximum atomic E-state index is 11.4. The van der Waals surface area contributed by atoms with Crippen molar-refractivity contribution in [1.82, 2.24) is 0 Å². The van der Waals surface area contributed by atoms with Crippen LogP contribution in [-0.4, -0.2) is 26.0 Å². The number of rotatable bonds is 3. The van der Waals surface area contributed by atoms with Crippen molar-refractivity contribution >= 4 is 17.3 Å². The van der Waals surface area contributed by atoms with Crippen LogP contribution in [0.1, 0.15) is 18.4 Å². The van der Waals surface area contributed by atoms with Crippen molar-refractivity contribution in [3.8, 4) is 0 Å². The first-order valence-electron chi connectivity index (χ1n) is 6.04. The van der Waals surface area contributed by atoms with Crippen molar-refractivity contribution in [2.24, 2.45) is 5.73 Å². The second-order valence-corrected chi connectivity index (χ2v) is 4.46. The Bertz CT molecular complexity index is 417. The predicted octanol–water partition coefficient (Wildman–Crippen LogP) is 1.36. The summed E-state index contributed by atoms with van der Waals surface area (Å²) in [5.74, 6) is -0.0170. The van der Waals surface area contributed by atoms with Crippen LogP contribution in [-0.2, 0) is 11.2 Å². The van der Waals surface area contributed by atoms with E-state index in [4.69, 9.17) is 5.73 Å². The third kappa shape index (κ3) is 2.77. The Morgan fingerprint density at radius 2 is 2.35 bits per heavy atom. The van der Waals surface area contributed by atoms with Gasteiger partial charge in [0.15, 0.2) is 0 Å². The summed E-state index contributed by atoms with van der Waals surface area (Å²) in [6.45, 7) is 1.49. The van der Waals surface area contributed by atoms with Gasteiger partial charge in [0, 0.05) is 37.9 Å². The van der Waals surface area contributed by atoms with Gasteiger partial charge in [-0.05, 0) is 36.6 Å². The number of anilines is 2. The van der Waals surface area contributed by atoms with Crippen LogP contribution < -0.4 is 16.0 Å². The summed E-state index contributed by atoms with van der Waals surface area (Å²) in [5, 5.41) is 2.87. The van der Waals surface area contributed by atoms with Crippen LogP contribution in [0.3, 0.4) is 0 Å². The number of amides is 1. The lowest BCUT2D eigenvalue weighted by Crippen LogP contribution is -2.24. The molecular weight excluding hydrogens is 214 g/mol. The predicted molar refractivity (Wildman–Crippen MR) is 70.3 cm³/mol. The largest absolute Gasteiger partial charge is 0.374 e. The molecule has 0 fully saturated rings. The SMILES string of the molecule is CN1CCCc2cc(NC(=O)CCN)ccc21.